The number of pyridine rings is 1. The molecule has 1 atom stereocenters. The van der Waals surface area contributed by atoms with E-state index in [2.05, 4.69) is 20.5 Å². The van der Waals surface area contributed by atoms with E-state index in [9.17, 15) is 23.3 Å². The van der Waals surface area contributed by atoms with Crippen molar-refractivity contribution in [3.63, 3.8) is 0 Å². The number of anilines is 1. The number of fused-ring (bicyclic) bond motifs is 5. The minimum Gasteiger partial charge on any atom is -0.416 e. The van der Waals surface area contributed by atoms with Crippen LogP contribution >= 0.6 is 0 Å². The highest BCUT2D eigenvalue weighted by Crippen LogP contribution is 2.42. The Morgan fingerprint density at radius 2 is 1.92 bits per heavy atom. The van der Waals surface area contributed by atoms with Gasteiger partial charge in [-0.15, -0.1) is 10.2 Å². The van der Waals surface area contributed by atoms with Gasteiger partial charge in [-0.2, -0.15) is 22.0 Å². The maximum atomic E-state index is 15.3. The number of nitrogens with zero attached hydrogens (tertiary/aromatic N) is 4. The molecule has 0 aliphatic carbocycles. The molecule has 202 valence electrons. The summed E-state index contributed by atoms with van der Waals surface area (Å²) < 4.78 is 82.9. The lowest BCUT2D eigenvalue weighted by Crippen LogP contribution is -2.32. The molecular weight excluding hydrogens is 517 g/mol. The molecule has 2 aromatic heterocycles. The first kappa shape index (κ1) is 27.1. The predicted octanol–water partition coefficient (Wildman–Crippen LogP) is 6.49. The van der Waals surface area contributed by atoms with Crippen LogP contribution in [0.1, 0.15) is 49.8 Å². The highest BCUT2D eigenvalue weighted by molar-refractivity contribution is 5.68. The number of halogens is 5. The standard InChI is InChI=1S/C24H22F5N5O4/c1-22(2)10-6-7-11-23(25,26)18(37-13-14-8-4-3-5-9-14)21-33-32-20(38-21)17-16(34(35)36)12-15(24(27,28)29)19(30-17)31-22/h3-5,7-9,11-12,18H,6,10,13H2,1-2H3,(H,30,31). The zero-order valence-electron chi connectivity index (χ0n) is 20.1. The maximum absolute atomic E-state index is 15.3. The van der Waals surface area contributed by atoms with Gasteiger partial charge in [0.05, 0.1) is 11.5 Å². The minimum atomic E-state index is -4.99. The van der Waals surface area contributed by atoms with Crippen LogP contribution < -0.4 is 5.32 Å². The number of hydrogen-bond acceptors (Lipinski definition) is 8. The number of benzene rings is 1. The van der Waals surface area contributed by atoms with E-state index in [0.717, 1.165) is 0 Å². The molecule has 4 rings (SSSR count). The molecule has 3 aromatic rings. The van der Waals surface area contributed by atoms with Crippen LogP contribution in [0.15, 0.2) is 53.0 Å². The van der Waals surface area contributed by atoms with Crippen molar-refractivity contribution in [1.29, 1.82) is 0 Å². The lowest BCUT2D eigenvalue weighted by molar-refractivity contribution is -0.384. The van der Waals surface area contributed by atoms with Gasteiger partial charge < -0.3 is 14.5 Å². The van der Waals surface area contributed by atoms with E-state index in [0.29, 0.717) is 17.7 Å². The molecular formula is C24H22F5N5O4. The van der Waals surface area contributed by atoms with Crippen molar-refractivity contribution in [2.75, 3.05) is 5.32 Å². The van der Waals surface area contributed by atoms with Crippen molar-refractivity contribution in [2.45, 2.75) is 57.0 Å². The van der Waals surface area contributed by atoms with E-state index in [1.54, 1.807) is 44.2 Å². The van der Waals surface area contributed by atoms with Gasteiger partial charge in [-0.3, -0.25) is 10.1 Å². The lowest BCUT2D eigenvalue weighted by Gasteiger charge is -2.28. The Morgan fingerprint density at radius 3 is 2.58 bits per heavy atom. The van der Waals surface area contributed by atoms with Crippen LogP contribution in [0.4, 0.5) is 33.5 Å². The first-order valence-corrected chi connectivity index (χ1v) is 11.4. The molecule has 14 heteroatoms. The Balaban J connectivity index is 1.87. The first-order valence-electron chi connectivity index (χ1n) is 11.4. The number of rotatable bonds is 4. The third-order valence-electron chi connectivity index (χ3n) is 5.71. The number of hydrogen-bond donors (Lipinski definition) is 1. The molecule has 9 nitrogen and oxygen atoms in total. The molecule has 4 bridgehead atoms. The van der Waals surface area contributed by atoms with E-state index in [-0.39, 0.29) is 19.4 Å². The molecule has 0 radical (unpaired) electrons. The van der Waals surface area contributed by atoms with E-state index >= 15 is 8.78 Å². The number of ether oxygens (including phenoxy) is 1. The second-order valence-electron chi connectivity index (χ2n) is 9.25. The molecule has 0 saturated heterocycles. The second kappa shape index (κ2) is 10.1. The van der Waals surface area contributed by atoms with Crippen LogP contribution in [0.5, 0.6) is 0 Å². The SMILES string of the molecule is CC1(C)CCC=CC(F)(F)C(OCc2ccccc2)c2nnc(o2)-c2nc(c(C(F)(F)F)cc2[N+](=O)[O-])N1. The van der Waals surface area contributed by atoms with Gasteiger partial charge in [0.15, 0.2) is 0 Å². The average molecular weight is 539 g/mol. The zero-order chi connectivity index (χ0) is 27.7. The number of nitro groups is 1. The van der Waals surface area contributed by atoms with E-state index < -0.39 is 63.2 Å². The van der Waals surface area contributed by atoms with Crippen molar-refractivity contribution in [1.82, 2.24) is 15.2 Å². The van der Waals surface area contributed by atoms with Crippen LogP contribution in [0, 0.1) is 10.1 Å². The van der Waals surface area contributed by atoms with Crippen LogP contribution in [-0.2, 0) is 17.5 Å². The predicted molar refractivity (Wildman–Crippen MR) is 124 cm³/mol. The van der Waals surface area contributed by atoms with Gasteiger partial charge in [0.1, 0.15) is 11.4 Å². The third kappa shape index (κ3) is 5.96. The Hall–Kier alpha value is -3.94. The fourth-order valence-electron chi connectivity index (χ4n) is 3.80. The summed E-state index contributed by atoms with van der Waals surface area (Å²) in [5, 5.41) is 21.5. The Morgan fingerprint density at radius 1 is 1.21 bits per heavy atom. The fourth-order valence-corrected chi connectivity index (χ4v) is 3.80. The van der Waals surface area contributed by atoms with Gasteiger partial charge in [-0.05, 0) is 38.3 Å². The minimum absolute atomic E-state index is 0.0528. The van der Waals surface area contributed by atoms with Gasteiger partial charge in [-0.25, -0.2) is 4.98 Å². The van der Waals surface area contributed by atoms with Gasteiger partial charge in [0.25, 0.3) is 11.8 Å². The summed E-state index contributed by atoms with van der Waals surface area (Å²) >= 11 is 0. The average Bonchev–Trinajstić information content (AvgIpc) is 3.30. The van der Waals surface area contributed by atoms with Crippen LogP contribution in [0.3, 0.4) is 0 Å². The van der Waals surface area contributed by atoms with Crippen molar-refractivity contribution >= 4 is 11.5 Å². The topological polar surface area (TPSA) is 116 Å². The van der Waals surface area contributed by atoms with Crippen molar-refractivity contribution < 1.29 is 36.0 Å². The molecule has 0 spiro atoms. The molecule has 0 saturated carbocycles. The molecule has 0 amide bonds. The van der Waals surface area contributed by atoms with E-state index in [4.69, 9.17) is 9.15 Å². The molecule has 1 aromatic carbocycles. The Labute approximate surface area is 212 Å². The van der Waals surface area contributed by atoms with E-state index in [1.807, 2.05) is 0 Å². The lowest BCUT2D eigenvalue weighted by atomic mass is 9.97. The van der Waals surface area contributed by atoms with Crippen LogP contribution in [0.2, 0.25) is 0 Å². The molecule has 0 fully saturated rings. The third-order valence-corrected chi connectivity index (χ3v) is 5.71. The smallest absolute Gasteiger partial charge is 0.416 e. The van der Waals surface area contributed by atoms with Crippen LogP contribution in [0.25, 0.3) is 11.6 Å². The highest BCUT2D eigenvalue weighted by Gasteiger charge is 2.44. The summed E-state index contributed by atoms with van der Waals surface area (Å²) in [6, 6.07) is 8.73. The monoisotopic (exact) mass is 539 g/mol. The quantitative estimate of drug-likeness (QED) is 0.173. The first-order chi connectivity index (χ1) is 17.8. The summed E-state index contributed by atoms with van der Waals surface area (Å²) in [5.41, 5.74) is -3.68. The maximum Gasteiger partial charge on any atom is 0.420 e. The second-order valence-corrected chi connectivity index (χ2v) is 9.25. The summed E-state index contributed by atoms with van der Waals surface area (Å²) in [4.78, 5) is 14.4. The fraction of sp³-hybridized carbons (Fsp3) is 0.375. The van der Waals surface area contributed by atoms with Crippen LogP contribution in [-0.4, -0.2) is 31.6 Å². The summed E-state index contributed by atoms with van der Waals surface area (Å²) in [5.74, 6) is -5.80. The molecule has 1 aliphatic rings. The van der Waals surface area contributed by atoms with E-state index in [1.165, 1.54) is 6.08 Å². The van der Waals surface area contributed by atoms with Gasteiger partial charge >= 0.3 is 17.8 Å². The van der Waals surface area contributed by atoms with Gasteiger partial charge in [-0.1, -0.05) is 36.4 Å². The summed E-state index contributed by atoms with van der Waals surface area (Å²) in [6.07, 6.45) is -5.11. The highest BCUT2D eigenvalue weighted by atomic mass is 19.4. The molecule has 1 aliphatic heterocycles. The number of aromatic nitrogens is 3. The normalized spacial score (nSPS) is 18.9. The van der Waals surface area contributed by atoms with Crippen molar-refractivity contribution in [3.05, 3.63) is 75.7 Å². The molecule has 1 N–H and O–H groups in total. The summed E-state index contributed by atoms with van der Waals surface area (Å²) in [7, 11) is 0. The number of alkyl halides is 5. The Bertz CT molecular complexity index is 1340. The zero-order valence-corrected chi connectivity index (χ0v) is 20.1. The van der Waals surface area contributed by atoms with Gasteiger partial charge in [0.2, 0.25) is 11.8 Å². The molecule has 3 heterocycles. The van der Waals surface area contributed by atoms with Gasteiger partial charge in [0, 0.05) is 11.6 Å². The number of allylic oxidation sites excluding steroid dienone is 1. The molecule has 38 heavy (non-hydrogen) atoms. The largest absolute Gasteiger partial charge is 0.420 e. The summed E-state index contributed by atoms with van der Waals surface area (Å²) in [6.45, 7) is 2.83. The molecule has 1 unspecified atom stereocenters. The Kier molecular flexibility index (Phi) is 7.19. The number of nitrogens with one attached hydrogen (secondary N) is 1. The van der Waals surface area contributed by atoms with Crippen molar-refractivity contribution in [3.8, 4) is 11.6 Å². The van der Waals surface area contributed by atoms with Crippen molar-refractivity contribution in [2.24, 2.45) is 0 Å².